The smallest absolute Gasteiger partial charge is 0.127 e. The second kappa shape index (κ2) is 4.68. The fourth-order valence-corrected chi connectivity index (χ4v) is 1.65. The highest BCUT2D eigenvalue weighted by molar-refractivity contribution is 6.31. The second-order valence-electron chi connectivity index (χ2n) is 4.03. The van der Waals surface area contributed by atoms with Crippen LogP contribution in [0.4, 0.5) is 5.69 Å². The normalized spacial score (nSPS) is 10.3. The molecule has 0 heterocycles. The Labute approximate surface area is 106 Å². The van der Waals surface area contributed by atoms with Crippen LogP contribution >= 0.6 is 11.6 Å². The van der Waals surface area contributed by atoms with Gasteiger partial charge in [-0.2, -0.15) is 0 Å². The van der Waals surface area contributed by atoms with Crippen molar-refractivity contribution < 1.29 is 4.74 Å². The van der Waals surface area contributed by atoms with Crippen LogP contribution in [0.5, 0.6) is 11.5 Å². The molecule has 2 aromatic carbocycles. The molecule has 2 N–H and O–H groups in total. The Morgan fingerprint density at radius 3 is 2.12 bits per heavy atom. The maximum Gasteiger partial charge on any atom is 0.127 e. The van der Waals surface area contributed by atoms with E-state index in [1.165, 1.54) is 0 Å². The van der Waals surface area contributed by atoms with Gasteiger partial charge in [0.15, 0.2) is 0 Å². The Morgan fingerprint density at radius 2 is 1.53 bits per heavy atom. The lowest BCUT2D eigenvalue weighted by molar-refractivity contribution is 0.482. The molecule has 0 saturated carbocycles. The summed E-state index contributed by atoms with van der Waals surface area (Å²) in [7, 11) is 0. The molecule has 0 aliphatic rings. The van der Waals surface area contributed by atoms with Crippen molar-refractivity contribution >= 4 is 17.3 Å². The molecule has 0 aromatic heterocycles. The van der Waals surface area contributed by atoms with Crippen molar-refractivity contribution in [2.24, 2.45) is 0 Å². The van der Waals surface area contributed by atoms with Crippen LogP contribution in [0.2, 0.25) is 5.02 Å². The lowest BCUT2D eigenvalue weighted by Gasteiger charge is -2.09. The van der Waals surface area contributed by atoms with Gasteiger partial charge in [-0.3, -0.25) is 0 Å². The van der Waals surface area contributed by atoms with E-state index >= 15 is 0 Å². The quantitative estimate of drug-likeness (QED) is 0.802. The van der Waals surface area contributed by atoms with E-state index in [2.05, 4.69) is 0 Å². The van der Waals surface area contributed by atoms with Crippen molar-refractivity contribution in [1.29, 1.82) is 0 Å². The van der Waals surface area contributed by atoms with E-state index in [1.807, 2.05) is 50.2 Å². The summed E-state index contributed by atoms with van der Waals surface area (Å²) in [4.78, 5) is 0. The zero-order valence-electron chi connectivity index (χ0n) is 9.83. The zero-order chi connectivity index (χ0) is 12.4. The molecule has 0 radical (unpaired) electrons. The van der Waals surface area contributed by atoms with Gasteiger partial charge in [-0.05, 0) is 61.4 Å². The third kappa shape index (κ3) is 2.71. The molecule has 0 saturated heterocycles. The summed E-state index contributed by atoms with van der Waals surface area (Å²) < 4.78 is 5.74. The Balaban J connectivity index is 2.25. The van der Waals surface area contributed by atoms with Gasteiger partial charge in [0, 0.05) is 10.7 Å². The van der Waals surface area contributed by atoms with E-state index in [-0.39, 0.29) is 0 Å². The first-order valence-electron chi connectivity index (χ1n) is 5.36. The maximum absolute atomic E-state index is 5.96. The summed E-state index contributed by atoms with van der Waals surface area (Å²) in [5, 5.41) is 0.742. The summed E-state index contributed by atoms with van der Waals surface area (Å²) >= 11 is 5.96. The van der Waals surface area contributed by atoms with Crippen molar-refractivity contribution in [3.05, 3.63) is 52.5 Å². The largest absolute Gasteiger partial charge is 0.457 e. The summed E-state index contributed by atoms with van der Waals surface area (Å²) in [6, 6.07) is 11.2. The Morgan fingerprint density at radius 1 is 0.941 bits per heavy atom. The van der Waals surface area contributed by atoms with Crippen LogP contribution in [0, 0.1) is 13.8 Å². The van der Waals surface area contributed by atoms with E-state index in [9.17, 15) is 0 Å². The third-order valence-corrected chi connectivity index (χ3v) is 3.03. The molecule has 0 spiro atoms. The Hall–Kier alpha value is -1.67. The first kappa shape index (κ1) is 11.8. The van der Waals surface area contributed by atoms with Crippen LogP contribution in [-0.4, -0.2) is 0 Å². The number of nitrogen functional groups attached to an aromatic ring is 1. The number of aryl methyl sites for hydroxylation is 2. The minimum atomic E-state index is 0.742. The third-order valence-electron chi connectivity index (χ3n) is 2.61. The van der Waals surface area contributed by atoms with E-state index in [0.717, 1.165) is 33.3 Å². The molecule has 0 bridgehead atoms. The molecule has 0 amide bonds. The SMILES string of the molecule is Cc1cc(Oc2ccc(Cl)c(C)c2)ccc1N. The van der Waals surface area contributed by atoms with Crippen LogP contribution in [0.15, 0.2) is 36.4 Å². The Bertz CT molecular complexity index is 502. The molecule has 0 aliphatic carbocycles. The van der Waals surface area contributed by atoms with Gasteiger partial charge < -0.3 is 10.5 Å². The molecular weight excluding hydrogens is 234 g/mol. The van der Waals surface area contributed by atoms with Gasteiger partial charge in [-0.25, -0.2) is 0 Å². The number of ether oxygens (including phenoxy) is 1. The predicted octanol–water partition coefficient (Wildman–Crippen LogP) is 4.33. The number of rotatable bonds is 2. The predicted molar refractivity (Wildman–Crippen MR) is 71.9 cm³/mol. The lowest BCUT2D eigenvalue weighted by Crippen LogP contribution is -1.91. The summed E-state index contributed by atoms with van der Waals surface area (Å²) in [6.07, 6.45) is 0. The van der Waals surface area contributed by atoms with Gasteiger partial charge in [0.25, 0.3) is 0 Å². The van der Waals surface area contributed by atoms with Gasteiger partial charge in [0.05, 0.1) is 0 Å². The average molecular weight is 248 g/mol. The first-order chi connectivity index (χ1) is 8.06. The standard InChI is InChI=1S/C14H14ClNO/c1-9-7-11(3-5-13(9)15)17-12-4-6-14(16)10(2)8-12/h3-8H,16H2,1-2H3. The number of halogens is 1. The van der Waals surface area contributed by atoms with Crippen molar-refractivity contribution in [3.63, 3.8) is 0 Å². The summed E-state index contributed by atoms with van der Waals surface area (Å²) in [6.45, 7) is 3.90. The molecule has 0 unspecified atom stereocenters. The molecule has 3 heteroatoms. The van der Waals surface area contributed by atoms with Crippen LogP contribution in [0.25, 0.3) is 0 Å². The molecule has 0 fully saturated rings. The number of hydrogen-bond donors (Lipinski definition) is 1. The lowest BCUT2D eigenvalue weighted by atomic mass is 10.2. The first-order valence-corrected chi connectivity index (χ1v) is 5.74. The van der Waals surface area contributed by atoms with Crippen molar-refractivity contribution in [1.82, 2.24) is 0 Å². The topological polar surface area (TPSA) is 35.2 Å². The number of hydrogen-bond acceptors (Lipinski definition) is 2. The fraction of sp³-hybridized carbons (Fsp3) is 0.143. The van der Waals surface area contributed by atoms with Crippen LogP contribution in [0.1, 0.15) is 11.1 Å². The minimum Gasteiger partial charge on any atom is -0.457 e. The van der Waals surface area contributed by atoms with Crippen LogP contribution in [-0.2, 0) is 0 Å². The van der Waals surface area contributed by atoms with Gasteiger partial charge in [-0.15, -0.1) is 0 Å². The molecule has 2 aromatic rings. The highest BCUT2D eigenvalue weighted by Crippen LogP contribution is 2.27. The average Bonchev–Trinajstić information content (AvgIpc) is 2.29. The van der Waals surface area contributed by atoms with Gasteiger partial charge in [0.2, 0.25) is 0 Å². The van der Waals surface area contributed by atoms with E-state index < -0.39 is 0 Å². The van der Waals surface area contributed by atoms with Crippen LogP contribution in [0.3, 0.4) is 0 Å². The van der Waals surface area contributed by atoms with E-state index in [4.69, 9.17) is 22.1 Å². The minimum absolute atomic E-state index is 0.742. The van der Waals surface area contributed by atoms with Crippen molar-refractivity contribution in [3.8, 4) is 11.5 Å². The van der Waals surface area contributed by atoms with Gasteiger partial charge >= 0.3 is 0 Å². The molecule has 0 aliphatic heterocycles. The Kier molecular flexibility index (Phi) is 3.25. The fourth-order valence-electron chi connectivity index (χ4n) is 1.53. The molecule has 17 heavy (non-hydrogen) atoms. The highest BCUT2D eigenvalue weighted by Gasteiger charge is 2.02. The molecule has 88 valence electrons. The number of benzene rings is 2. The molecule has 2 nitrogen and oxygen atoms in total. The van der Waals surface area contributed by atoms with Crippen LogP contribution < -0.4 is 10.5 Å². The van der Waals surface area contributed by atoms with Crippen molar-refractivity contribution in [2.75, 3.05) is 5.73 Å². The zero-order valence-corrected chi connectivity index (χ0v) is 10.6. The maximum atomic E-state index is 5.96. The molecule has 2 rings (SSSR count). The van der Waals surface area contributed by atoms with E-state index in [0.29, 0.717) is 0 Å². The van der Waals surface area contributed by atoms with Gasteiger partial charge in [0.1, 0.15) is 11.5 Å². The highest BCUT2D eigenvalue weighted by atomic mass is 35.5. The monoisotopic (exact) mass is 247 g/mol. The summed E-state index contributed by atoms with van der Waals surface area (Å²) in [5.74, 6) is 1.55. The second-order valence-corrected chi connectivity index (χ2v) is 4.44. The number of nitrogens with two attached hydrogens (primary N) is 1. The summed E-state index contributed by atoms with van der Waals surface area (Å²) in [5.41, 5.74) is 8.53. The molecule has 0 atom stereocenters. The van der Waals surface area contributed by atoms with Crippen molar-refractivity contribution in [2.45, 2.75) is 13.8 Å². The van der Waals surface area contributed by atoms with Gasteiger partial charge in [-0.1, -0.05) is 11.6 Å². The van der Waals surface area contributed by atoms with E-state index in [1.54, 1.807) is 0 Å². The number of anilines is 1. The molecular formula is C14H14ClNO.